The monoisotopic (exact) mass is 284 g/mol. The molecule has 0 aliphatic carbocycles. The standard InChI is InChI=1S/C13H20N2O3S/c1-13(16)7-4-9-15(11-13)19(17,18)10-6-12-5-2-3-8-14-12/h2-3,5,8,16H,4,6-7,9-11H2,1H3. The molecule has 1 fully saturated rings. The Hall–Kier alpha value is -0.980. The van der Waals surface area contributed by atoms with Gasteiger partial charge in [-0.05, 0) is 31.9 Å². The number of nitrogens with zero attached hydrogens (tertiary/aromatic N) is 2. The summed E-state index contributed by atoms with van der Waals surface area (Å²) >= 11 is 0. The first-order chi connectivity index (χ1) is 8.89. The Balaban J connectivity index is 1.98. The topological polar surface area (TPSA) is 70.5 Å². The van der Waals surface area contributed by atoms with Crippen molar-refractivity contribution in [3.8, 4) is 0 Å². The Morgan fingerprint density at radius 3 is 2.89 bits per heavy atom. The fraction of sp³-hybridized carbons (Fsp3) is 0.615. The SMILES string of the molecule is CC1(O)CCCN(S(=O)(=O)CCc2ccccn2)C1. The van der Waals surface area contributed by atoms with Crippen LogP contribution in [0.4, 0.5) is 0 Å². The number of hydrogen-bond acceptors (Lipinski definition) is 4. The molecule has 1 aliphatic rings. The largest absolute Gasteiger partial charge is 0.389 e. The van der Waals surface area contributed by atoms with Gasteiger partial charge < -0.3 is 5.11 Å². The molecule has 1 aromatic rings. The van der Waals surface area contributed by atoms with Gasteiger partial charge in [0.25, 0.3) is 0 Å². The average Bonchev–Trinajstić information content (AvgIpc) is 2.37. The molecule has 0 bridgehead atoms. The summed E-state index contributed by atoms with van der Waals surface area (Å²) in [6.07, 6.45) is 3.42. The van der Waals surface area contributed by atoms with E-state index in [1.807, 2.05) is 12.1 Å². The molecular formula is C13H20N2O3S. The van der Waals surface area contributed by atoms with Crippen molar-refractivity contribution in [2.75, 3.05) is 18.8 Å². The first kappa shape index (κ1) is 14.4. The summed E-state index contributed by atoms with van der Waals surface area (Å²) in [7, 11) is -3.32. The van der Waals surface area contributed by atoms with Gasteiger partial charge in [0.15, 0.2) is 0 Å². The predicted octanol–water partition coefficient (Wildman–Crippen LogP) is 0.801. The maximum Gasteiger partial charge on any atom is 0.214 e. The molecule has 2 rings (SSSR count). The summed E-state index contributed by atoms with van der Waals surface area (Å²) in [5.41, 5.74) is -0.133. The van der Waals surface area contributed by atoms with Crippen LogP contribution in [0.5, 0.6) is 0 Å². The summed E-state index contributed by atoms with van der Waals surface area (Å²) in [6, 6.07) is 5.47. The van der Waals surface area contributed by atoms with Crippen molar-refractivity contribution < 1.29 is 13.5 Å². The van der Waals surface area contributed by atoms with Crippen LogP contribution in [0.2, 0.25) is 0 Å². The van der Waals surface area contributed by atoms with Gasteiger partial charge in [0, 0.05) is 31.4 Å². The van der Waals surface area contributed by atoms with Crippen LogP contribution in [-0.2, 0) is 16.4 Å². The van der Waals surface area contributed by atoms with Gasteiger partial charge in [0.2, 0.25) is 10.0 Å². The minimum atomic E-state index is -3.32. The van der Waals surface area contributed by atoms with E-state index in [1.165, 1.54) is 4.31 Å². The molecule has 2 heterocycles. The maximum absolute atomic E-state index is 12.2. The van der Waals surface area contributed by atoms with Crippen LogP contribution in [0.3, 0.4) is 0 Å². The number of aryl methyl sites for hydroxylation is 1. The number of aromatic nitrogens is 1. The number of hydrogen-bond donors (Lipinski definition) is 1. The molecule has 1 atom stereocenters. The lowest BCUT2D eigenvalue weighted by molar-refractivity contribution is 0.00942. The lowest BCUT2D eigenvalue weighted by Crippen LogP contribution is -2.49. The number of β-amino-alcohol motifs (C(OH)–C–C–N with tert-alkyl or cyclic N) is 1. The molecular weight excluding hydrogens is 264 g/mol. The van der Waals surface area contributed by atoms with Crippen molar-refractivity contribution in [2.45, 2.75) is 31.8 Å². The normalized spacial score (nSPS) is 25.4. The van der Waals surface area contributed by atoms with E-state index in [0.29, 0.717) is 25.8 Å². The van der Waals surface area contributed by atoms with E-state index < -0.39 is 15.6 Å². The molecule has 6 heteroatoms. The highest BCUT2D eigenvalue weighted by Gasteiger charge is 2.34. The van der Waals surface area contributed by atoms with Gasteiger partial charge in [-0.2, -0.15) is 4.31 Å². The third kappa shape index (κ3) is 3.99. The van der Waals surface area contributed by atoms with Crippen LogP contribution >= 0.6 is 0 Å². The molecule has 1 aliphatic heterocycles. The lowest BCUT2D eigenvalue weighted by atomic mass is 9.97. The molecule has 1 N–H and O–H groups in total. The summed E-state index contributed by atoms with van der Waals surface area (Å²) in [5.74, 6) is 0.0418. The number of rotatable bonds is 4. The van der Waals surface area contributed by atoms with E-state index in [1.54, 1.807) is 19.2 Å². The molecule has 19 heavy (non-hydrogen) atoms. The first-order valence-corrected chi connectivity index (χ1v) is 8.10. The van der Waals surface area contributed by atoms with E-state index in [0.717, 1.165) is 5.69 Å². The molecule has 0 spiro atoms. The third-order valence-corrected chi connectivity index (χ3v) is 5.19. The highest BCUT2D eigenvalue weighted by atomic mass is 32.2. The van der Waals surface area contributed by atoms with Gasteiger partial charge in [-0.1, -0.05) is 6.07 Å². The van der Waals surface area contributed by atoms with Crippen molar-refractivity contribution in [1.29, 1.82) is 0 Å². The lowest BCUT2D eigenvalue weighted by Gasteiger charge is -2.35. The van der Waals surface area contributed by atoms with Crippen molar-refractivity contribution in [1.82, 2.24) is 9.29 Å². The molecule has 106 valence electrons. The van der Waals surface area contributed by atoms with Crippen LogP contribution < -0.4 is 0 Å². The molecule has 0 saturated carbocycles. The number of piperidine rings is 1. The van der Waals surface area contributed by atoms with Crippen LogP contribution in [0, 0.1) is 0 Å². The van der Waals surface area contributed by atoms with E-state index in [4.69, 9.17) is 0 Å². The van der Waals surface area contributed by atoms with Crippen molar-refractivity contribution in [2.24, 2.45) is 0 Å². The Morgan fingerprint density at radius 1 is 1.47 bits per heavy atom. The molecule has 0 amide bonds. The number of aliphatic hydroxyl groups is 1. The van der Waals surface area contributed by atoms with Crippen molar-refractivity contribution in [3.63, 3.8) is 0 Å². The smallest absolute Gasteiger partial charge is 0.214 e. The third-order valence-electron chi connectivity index (χ3n) is 3.38. The van der Waals surface area contributed by atoms with Gasteiger partial charge in [0.05, 0.1) is 11.4 Å². The molecule has 5 nitrogen and oxygen atoms in total. The fourth-order valence-electron chi connectivity index (χ4n) is 2.32. The van der Waals surface area contributed by atoms with Gasteiger partial charge in [-0.25, -0.2) is 8.42 Å². The van der Waals surface area contributed by atoms with Gasteiger partial charge >= 0.3 is 0 Å². The zero-order chi connectivity index (χ0) is 13.9. The van der Waals surface area contributed by atoms with E-state index >= 15 is 0 Å². The van der Waals surface area contributed by atoms with Gasteiger partial charge in [-0.15, -0.1) is 0 Å². The van der Waals surface area contributed by atoms with E-state index in [-0.39, 0.29) is 12.3 Å². The van der Waals surface area contributed by atoms with Gasteiger partial charge in [-0.3, -0.25) is 4.98 Å². The van der Waals surface area contributed by atoms with Crippen LogP contribution in [0.1, 0.15) is 25.5 Å². The predicted molar refractivity (Wildman–Crippen MR) is 73.2 cm³/mol. The second-order valence-corrected chi connectivity index (χ2v) is 7.41. The quantitative estimate of drug-likeness (QED) is 0.888. The Bertz CT molecular complexity index is 514. The zero-order valence-electron chi connectivity index (χ0n) is 11.1. The number of pyridine rings is 1. The molecule has 1 saturated heterocycles. The van der Waals surface area contributed by atoms with Crippen molar-refractivity contribution >= 4 is 10.0 Å². The molecule has 1 unspecified atom stereocenters. The summed E-state index contributed by atoms with van der Waals surface area (Å²) in [4.78, 5) is 4.12. The van der Waals surface area contributed by atoms with E-state index in [2.05, 4.69) is 4.98 Å². The van der Waals surface area contributed by atoms with Gasteiger partial charge in [0.1, 0.15) is 0 Å². The summed E-state index contributed by atoms with van der Waals surface area (Å²) < 4.78 is 25.9. The molecule has 0 radical (unpaired) electrons. The summed E-state index contributed by atoms with van der Waals surface area (Å²) in [5, 5.41) is 9.97. The average molecular weight is 284 g/mol. The second kappa shape index (κ2) is 5.56. The fourth-order valence-corrected chi connectivity index (χ4v) is 3.93. The maximum atomic E-state index is 12.2. The Morgan fingerprint density at radius 2 is 2.26 bits per heavy atom. The van der Waals surface area contributed by atoms with Crippen LogP contribution in [-0.4, -0.2) is 47.3 Å². The highest BCUT2D eigenvalue weighted by Crippen LogP contribution is 2.22. The highest BCUT2D eigenvalue weighted by molar-refractivity contribution is 7.89. The minimum Gasteiger partial charge on any atom is -0.389 e. The number of sulfonamides is 1. The summed E-state index contributed by atoms with van der Waals surface area (Å²) in [6.45, 7) is 2.38. The first-order valence-electron chi connectivity index (χ1n) is 6.49. The molecule has 0 aromatic carbocycles. The second-order valence-electron chi connectivity index (χ2n) is 5.32. The van der Waals surface area contributed by atoms with Crippen LogP contribution in [0.25, 0.3) is 0 Å². The Kier molecular flexibility index (Phi) is 4.23. The van der Waals surface area contributed by atoms with Crippen LogP contribution in [0.15, 0.2) is 24.4 Å². The minimum absolute atomic E-state index is 0.0418. The molecule has 1 aromatic heterocycles. The zero-order valence-corrected chi connectivity index (χ0v) is 11.9. The van der Waals surface area contributed by atoms with E-state index in [9.17, 15) is 13.5 Å². The Labute approximate surface area is 114 Å². The van der Waals surface area contributed by atoms with Crippen molar-refractivity contribution in [3.05, 3.63) is 30.1 Å².